The lowest BCUT2D eigenvalue weighted by Crippen LogP contribution is -2.59. The van der Waals surface area contributed by atoms with Gasteiger partial charge >= 0.3 is 0 Å². The minimum Gasteiger partial charge on any atom is -0.339 e. The second-order valence-electron chi connectivity index (χ2n) is 5.45. The van der Waals surface area contributed by atoms with Crippen molar-refractivity contribution >= 4 is 5.91 Å². The summed E-state index contributed by atoms with van der Waals surface area (Å²) in [5.41, 5.74) is 0. The molecule has 0 spiro atoms. The minimum absolute atomic E-state index is 0.254. The van der Waals surface area contributed by atoms with Crippen LogP contribution in [-0.4, -0.2) is 58.5 Å². The summed E-state index contributed by atoms with van der Waals surface area (Å²) < 4.78 is 2.14. The number of aryl methyl sites for hydroxylation is 2. The standard InChI is InChI=1S/C14H24N4O/c1-4-8-17-9-7-15-13(17)5-6-14(19)18-10-12(11-18)16(2)3/h7,9,12H,4-6,8,10-11H2,1-3H3. The topological polar surface area (TPSA) is 41.4 Å². The van der Waals surface area contributed by atoms with Gasteiger partial charge < -0.3 is 14.4 Å². The molecule has 0 aliphatic carbocycles. The van der Waals surface area contributed by atoms with Crippen LogP contribution in [0.2, 0.25) is 0 Å². The summed E-state index contributed by atoms with van der Waals surface area (Å²) in [7, 11) is 4.13. The number of rotatable bonds is 6. The molecule has 0 atom stereocenters. The molecule has 2 heterocycles. The third-order valence-electron chi connectivity index (χ3n) is 3.77. The fraction of sp³-hybridized carbons (Fsp3) is 0.714. The summed E-state index contributed by atoms with van der Waals surface area (Å²) in [6, 6.07) is 0.533. The van der Waals surface area contributed by atoms with Crippen molar-refractivity contribution in [3.05, 3.63) is 18.2 Å². The Morgan fingerprint density at radius 1 is 1.47 bits per heavy atom. The average molecular weight is 264 g/mol. The van der Waals surface area contributed by atoms with Crippen molar-refractivity contribution in [3.8, 4) is 0 Å². The molecule has 1 aliphatic heterocycles. The first-order valence-corrected chi connectivity index (χ1v) is 7.06. The van der Waals surface area contributed by atoms with Crippen LogP contribution in [0.1, 0.15) is 25.6 Å². The highest BCUT2D eigenvalue weighted by Gasteiger charge is 2.31. The summed E-state index contributed by atoms with van der Waals surface area (Å²) >= 11 is 0. The molecule has 0 unspecified atom stereocenters. The van der Waals surface area contributed by atoms with Crippen molar-refractivity contribution in [2.75, 3.05) is 27.2 Å². The zero-order chi connectivity index (χ0) is 13.8. The molecule has 1 aromatic rings. The number of hydrogen-bond acceptors (Lipinski definition) is 3. The van der Waals surface area contributed by atoms with Crippen LogP contribution in [0.25, 0.3) is 0 Å². The molecule has 0 N–H and O–H groups in total. The van der Waals surface area contributed by atoms with Gasteiger partial charge in [-0.25, -0.2) is 4.98 Å². The summed E-state index contributed by atoms with van der Waals surface area (Å²) in [5, 5.41) is 0. The predicted molar refractivity (Wildman–Crippen MR) is 74.9 cm³/mol. The first-order valence-electron chi connectivity index (χ1n) is 7.06. The number of amides is 1. The molecule has 1 aromatic heterocycles. The minimum atomic E-state index is 0.254. The van der Waals surface area contributed by atoms with E-state index in [4.69, 9.17) is 0 Å². The van der Waals surface area contributed by atoms with Gasteiger partial charge in [-0.15, -0.1) is 0 Å². The van der Waals surface area contributed by atoms with E-state index >= 15 is 0 Å². The van der Waals surface area contributed by atoms with E-state index in [1.807, 2.05) is 17.3 Å². The molecule has 106 valence electrons. The molecule has 1 fully saturated rings. The van der Waals surface area contributed by atoms with E-state index in [1.54, 1.807) is 0 Å². The highest BCUT2D eigenvalue weighted by molar-refractivity contribution is 5.77. The Labute approximate surface area is 115 Å². The first kappa shape index (κ1) is 14.1. The normalized spacial score (nSPS) is 15.9. The molecule has 5 nitrogen and oxygen atoms in total. The number of nitrogens with zero attached hydrogens (tertiary/aromatic N) is 4. The van der Waals surface area contributed by atoms with Crippen LogP contribution >= 0.6 is 0 Å². The van der Waals surface area contributed by atoms with Crippen LogP contribution in [0.4, 0.5) is 0 Å². The molecule has 2 rings (SSSR count). The molecular formula is C14H24N4O. The van der Waals surface area contributed by atoms with Gasteiger partial charge in [-0.1, -0.05) is 6.92 Å². The van der Waals surface area contributed by atoms with Crippen molar-refractivity contribution < 1.29 is 4.79 Å². The van der Waals surface area contributed by atoms with Gasteiger partial charge in [-0.3, -0.25) is 4.79 Å². The summed E-state index contributed by atoms with van der Waals surface area (Å²) in [6.07, 6.45) is 6.22. The van der Waals surface area contributed by atoms with Gasteiger partial charge in [0.25, 0.3) is 0 Å². The van der Waals surface area contributed by atoms with Crippen LogP contribution in [0.3, 0.4) is 0 Å². The van der Waals surface area contributed by atoms with Gasteiger partial charge in [0.05, 0.1) is 0 Å². The molecule has 19 heavy (non-hydrogen) atoms. The largest absolute Gasteiger partial charge is 0.339 e. The van der Waals surface area contributed by atoms with Crippen LogP contribution in [-0.2, 0) is 17.8 Å². The molecule has 0 saturated carbocycles. The van der Waals surface area contributed by atoms with Crippen molar-refractivity contribution in [3.63, 3.8) is 0 Å². The van der Waals surface area contributed by atoms with Crippen LogP contribution in [0.15, 0.2) is 12.4 Å². The lowest BCUT2D eigenvalue weighted by atomic mass is 10.1. The van der Waals surface area contributed by atoms with Gasteiger partial charge in [-0.2, -0.15) is 0 Å². The quantitative estimate of drug-likeness (QED) is 0.769. The van der Waals surface area contributed by atoms with Crippen molar-refractivity contribution in [1.82, 2.24) is 19.4 Å². The van der Waals surface area contributed by atoms with Gasteiger partial charge in [-0.05, 0) is 20.5 Å². The number of likely N-dealkylation sites (N-methyl/N-ethyl adjacent to an activating group) is 1. The number of aromatic nitrogens is 2. The third-order valence-corrected chi connectivity index (χ3v) is 3.77. The molecule has 0 aromatic carbocycles. The fourth-order valence-corrected chi connectivity index (χ4v) is 2.38. The van der Waals surface area contributed by atoms with Crippen LogP contribution in [0, 0.1) is 0 Å². The van der Waals surface area contributed by atoms with E-state index in [2.05, 4.69) is 35.5 Å². The van der Waals surface area contributed by atoms with Gasteiger partial charge in [0, 0.05) is 50.9 Å². The highest BCUT2D eigenvalue weighted by Crippen LogP contribution is 2.14. The second kappa shape index (κ2) is 6.19. The van der Waals surface area contributed by atoms with Crippen LogP contribution in [0.5, 0.6) is 0 Å². The SMILES string of the molecule is CCCn1ccnc1CCC(=O)N1CC(N(C)C)C1. The molecule has 0 radical (unpaired) electrons. The van der Waals surface area contributed by atoms with E-state index in [0.29, 0.717) is 12.5 Å². The Kier molecular flexibility index (Phi) is 4.58. The maximum absolute atomic E-state index is 12.0. The number of hydrogen-bond donors (Lipinski definition) is 0. The fourth-order valence-electron chi connectivity index (χ4n) is 2.38. The van der Waals surface area contributed by atoms with Crippen molar-refractivity contribution in [2.45, 2.75) is 38.8 Å². The molecule has 0 bridgehead atoms. The first-order chi connectivity index (χ1) is 9.11. The lowest BCUT2D eigenvalue weighted by molar-refractivity contribution is -0.137. The van der Waals surface area contributed by atoms with E-state index in [9.17, 15) is 4.79 Å². The van der Waals surface area contributed by atoms with Crippen LogP contribution < -0.4 is 0 Å². The lowest BCUT2D eigenvalue weighted by Gasteiger charge is -2.42. The van der Waals surface area contributed by atoms with Crippen molar-refractivity contribution in [1.29, 1.82) is 0 Å². The van der Waals surface area contributed by atoms with E-state index in [0.717, 1.165) is 38.3 Å². The monoisotopic (exact) mass is 264 g/mol. The van der Waals surface area contributed by atoms with Gasteiger partial charge in [0.2, 0.25) is 5.91 Å². The zero-order valence-corrected chi connectivity index (χ0v) is 12.2. The molecule has 1 aliphatic rings. The summed E-state index contributed by atoms with van der Waals surface area (Å²) in [6.45, 7) is 4.87. The number of carbonyl (C=O) groups excluding carboxylic acids is 1. The highest BCUT2D eigenvalue weighted by atomic mass is 16.2. The molecule has 1 amide bonds. The maximum atomic E-state index is 12.0. The number of imidazole rings is 1. The Hall–Kier alpha value is -1.36. The van der Waals surface area contributed by atoms with E-state index in [1.165, 1.54) is 0 Å². The van der Waals surface area contributed by atoms with E-state index in [-0.39, 0.29) is 5.91 Å². The zero-order valence-electron chi connectivity index (χ0n) is 12.2. The molecule has 1 saturated heterocycles. The summed E-state index contributed by atoms with van der Waals surface area (Å²) in [5.74, 6) is 1.28. The Morgan fingerprint density at radius 3 is 2.84 bits per heavy atom. The van der Waals surface area contributed by atoms with Gasteiger partial charge in [0.1, 0.15) is 5.82 Å². The third kappa shape index (κ3) is 3.35. The van der Waals surface area contributed by atoms with E-state index < -0.39 is 0 Å². The Balaban J connectivity index is 1.76. The molecule has 5 heteroatoms. The number of likely N-dealkylation sites (tertiary alicyclic amines) is 1. The second-order valence-corrected chi connectivity index (χ2v) is 5.45. The Bertz CT molecular complexity index is 421. The van der Waals surface area contributed by atoms with Gasteiger partial charge in [0.15, 0.2) is 0 Å². The van der Waals surface area contributed by atoms with Crippen molar-refractivity contribution in [2.24, 2.45) is 0 Å². The Morgan fingerprint density at radius 2 is 2.21 bits per heavy atom. The predicted octanol–water partition coefficient (Wildman–Crippen LogP) is 0.998. The smallest absolute Gasteiger partial charge is 0.223 e. The number of carbonyl (C=O) groups is 1. The summed E-state index contributed by atoms with van der Waals surface area (Å²) in [4.78, 5) is 20.5. The molecular weight excluding hydrogens is 240 g/mol. The maximum Gasteiger partial charge on any atom is 0.223 e. The average Bonchev–Trinajstić information content (AvgIpc) is 2.72.